The topological polar surface area (TPSA) is 80.9 Å². The van der Waals surface area contributed by atoms with Crippen molar-refractivity contribution in [1.29, 1.82) is 0 Å². The lowest BCUT2D eigenvalue weighted by atomic mass is 10.1. The average molecular weight is 268 g/mol. The maximum Gasteiger partial charge on any atom is 0.258 e. The van der Waals surface area contributed by atoms with Crippen molar-refractivity contribution in [3.63, 3.8) is 0 Å². The average Bonchev–Trinajstić information content (AvgIpc) is 2.83. The zero-order chi connectivity index (χ0) is 14.1. The number of nitrogens with zero attached hydrogens (tertiary/aromatic N) is 3. The van der Waals surface area contributed by atoms with Crippen molar-refractivity contribution in [3.8, 4) is 0 Å². The molecule has 3 rings (SSSR count). The minimum absolute atomic E-state index is 0.269. The van der Waals surface area contributed by atoms with Crippen molar-refractivity contribution in [2.24, 2.45) is 0 Å². The maximum absolute atomic E-state index is 12.2. The molecule has 0 aromatic carbocycles. The van der Waals surface area contributed by atoms with Crippen molar-refractivity contribution in [2.45, 2.75) is 13.8 Å². The van der Waals surface area contributed by atoms with E-state index in [1.165, 1.54) is 0 Å². The van der Waals surface area contributed by atoms with Crippen LogP contribution in [0.25, 0.3) is 10.9 Å². The lowest BCUT2D eigenvalue weighted by Gasteiger charge is -2.06. The number of rotatable bonds is 2. The lowest BCUT2D eigenvalue weighted by Crippen LogP contribution is -2.14. The molecule has 6 nitrogen and oxygen atoms in total. The van der Waals surface area contributed by atoms with E-state index in [9.17, 15) is 4.79 Å². The number of nitrogens with one attached hydrogen (secondary N) is 1. The molecule has 0 aliphatic heterocycles. The molecule has 100 valence electrons. The summed E-state index contributed by atoms with van der Waals surface area (Å²) in [5, 5.41) is 7.23. The van der Waals surface area contributed by atoms with E-state index < -0.39 is 0 Å². The zero-order valence-electron chi connectivity index (χ0n) is 11.0. The van der Waals surface area contributed by atoms with E-state index in [0.29, 0.717) is 22.8 Å². The molecule has 0 unspecified atom stereocenters. The van der Waals surface area contributed by atoms with Crippen molar-refractivity contribution < 1.29 is 9.32 Å². The van der Waals surface area contributed by atoms with Gasteiger partial charge in [0.2, 0.25) is 0 Å². The molecule has 20 heavy (non-hydrogen) atoms. The summed E-state index contributed by atoms with van der Waals surface area (Å²) in [5.41, 5.74) is 1.96. The molecule has 3 heterocycles. The largest absolute Gasteiger partial charge is 0.360 e. The van der Waals surface area contributed by atoms with Crippen molar-refractivity contribution in [1.82, 2.24) is 15.1 Å². The first kappa shape index (κ1) is 12.3. The van der Waals surface area contributed by atoms with Gasteiger partial charge in [-0.3, -0.25) is 14.8 Å². The quantitative estimate of drug-likeness (QED) is 0.772. The zero-order valence-corrected chi connectivity index (χ0v) is 11.0. The van der Waals surface area contributed by atoms with Crippen LogP contribution in [0, 0.1) is 13.8 Å². The number of pyridine rings is 2. The monoisotopic (exact) mass is 268 g/mol. The minimum atomic E-state index is -0.269. The van der Waals surface area contributed by atoms with E-state index in [0.717, 1.165) is 10.9 Å². The number of fused-ring (bicyclic) bond motifs is 1. The Kier molecular flexibility index (Phi) is 2.90. The minimum Gasteiger partial charge on any atom is -0.360 e. The molecule has 0 fully saturated rings. The van der Waals surface area contributed by atoms with Crippen LogP contribution in [0.5, 0.6) is 0 Å². The van der Waals surface area contributed by atoms with Gasteiger partial charge >= 0.3 is 0 Å². The third-order valence-electron chi connectivity index (χ3n) is 2.92. The van der Waals surface area contributed by atoms with Crippen molar-refractivity contribution in [2.75, 3.05) is 5.32 Å². The third kappa shape index (κ3) is 2.23. The molecule has 0 saturated heterocycles. The molecule has 0 bridgehead atoms. The summed E-state index contributed by atoms with van der Waals surface area (Å²) in [6.45, 7) is 3.56. The van der Waals surface area contributed by atoms with Crippen LogP contribution in [-0.2, 0) is 0 Å². The normalized spacial score (nSPS) is 10.7. The SMILES string of the molecule is Cc1cc(NC(=O)c2cc3cnccc3nc2C)no1. The van der Waals surface area contributed by atoms with E-state index in [1.54, 1.807) is 38.4 Å². The van der Waals surface area contributed by atoms with Gasteiger partial charge in [0.05, 0.1) is 16.8 Å². The van der Waals surface area contributed by atoms with Crippen LogP contribution in [0.2, 0.25) is 0 Å². The molecule has 0 aliphatic rings. The van der Waals surface area contributed by atoms with Crippen molar-refractivity contribution in [3.05, 3.63) is 47.6 Å². The number of aromatic nitrogens is 3. The first-order valence-electron chi connectivity index (χ1n) is 6.09. The molecule has 0 saturated carbocycles. The lowest BCUT2D eigenvalue weighted by molar-refractivity contribution is 0.102. The fourth-order valence-corrected chi connectivity index (χ4v) is 1.95. The fourth-order valence-electron chi connectivity index (χ4n) is 1.95. The summed E-state index contributed by atoms with van der Waals surface area (Å²) in [5.74, 6) is 0.755. The molecule has 3 aromatic rings. The van der Waals surface area contributed by atoms with Crippen LogP contribution in [0.15, 0.2) is 35.1 Å². The van der Waals surface area contributed by atoms with Crippen molar-refractivity contribution >= 4 is 22.6 Å². The van der Waals surface area contributed by atoms with Crippen LogP contribution < -0.4 is 5.32 Å². The summed E-state index contributed by atoms with van der Waals surface area (Å²) in [6.07, 6.45) is 3.35. The number of carbonyl (C=O) groups is 1. The molecule has 0 radical (unpaired) electrons. The molecule has 3 aromatic heterocycles. The Labute approximate surface area is 114 Å². The Morgan fingerprint density at radius 1 is 1.30 bits per heavy atom. The van der Waals surface area contributed by atoms with Gasteiger partial charge in [-0.1, -0.05) is 5.16 Å². The number of hydrogen-bond acceptors (Lipinski definition) is 5. The number of amides is 1. The van der Waals surface area contributed by atoms with Crippen LogP contribution in [0.1, 0.15) is 21.8 Å². The van der Waals surface area contributed by atoms with Gasteiger partial charge in [-0.25, -0.2) is 0 Å². The predicted molar refractivity (Wildman–Crippen MR) is 73.5 cm³/mol. The van der Waals surface area contributed by atoms with Gasteiger partial charge in [-0.2, -0.15) is 0 Å². The molecule has 0 spiro atoms. The Balaban J connectivity index is 1.96. The van der Waals surface area contributed by atoms with Gasteiger partial charge in [-0.15, -0.1) is 0 Å². The van der Waals surface area contributed by atoms with E-state index >= 15 is 0 Å². The van der Waals surface area contributed by atoms with E-state index in [1.807, 2.05) is 6.07 Å². The molecule has 0 atom stereocenters. The molecule has 6 heteroatoms. The van der Waals surface area contributed by atoms with Gasteiger partial charge in [0.1, 0.15) is 5.76 Å². The Hall–Kier alpha value is -2.76. The summed E-state index contributed by atoms with van der Waals surface area (Å²) >= 11 is 0. The Morgan fingerprint density at radius 3 is 2.90 bits per heavy atom. The van der Waals surface area contributed by atoms with Crippen LogP contribution in [0.4, 0.5) is 5.82 Å². The molecule has 1 N–H and O–H groups in total. The molecule has 0 aliphatic carbocycles. The highest BCUT2D eigenvalue weighted by atomic mass is 16.5. The van der Waals surface area contributed by atoms with Gasteiger partial charge in [0.25, 0.3) is 5.91 Å². The second-order valence-electron chi connectivity index (χ2n) is 4.47. The smallest absolute Gasteiger partial charge is 0.258 e. The van der Waals surface area contributed by atoms with E-state index in [2.05, 4.69) is 20.4 Å². The standard InChI is InChI=1S/C14H12N4O2/c1-8-5-13(18-20-8)17-14(19)11-6-10-7-15-4-3-12(10)16-9(11)2/h3-7H,1-2H3,(H,17,18,19). The van der Waals surface area contributed by atoms with Gasteiger partial charge in [0, 0.05) is 23.8 Å². The van der Waals surface area contributed by atoms with E-state index in [-0.39, 0.29) is 5.91 Å². The van der Waals surface area contributed by atoms with E-state index in [4.69, 9.17) is 4.52 Å². The second kappa shape index (κ2) is 4.73. The first-order chi connectivity index (χ1) is 9.63. The summed E-state index contributed by atoms with van der Waals surface area (Å²) < 4.78 is 4.91. The number of anilines is 1. The molecule has 1 amide bonds. The van der Waals surface area contributed by atoms with Gasteiger partial charge in [-0.05, 0) is 26.0 Å². The highest BCUT2D eigenvalue weighted by molar-refractivity contribution is 6.06. The number of carbonyl (C=O) groups excluding carboxylic acids is 1. The summed E-state index contributed by atoms with van der Waals surface area (Å²) in [4.78, 5) is 20.7. The highest BCUT2D eigenvalue weighted by Gasteiger charge is 2.13. The Morgan fingerprint density at radius 2 is 2.15 bits per heavy atom. The van der Waals surface area contributed by atoms with Crippen LogP contribution >= 0.6 is 0 Å². The second-order valence-corrected chi connectivity index (χ2v) is 4.47. The third-order valence-corrected chi connectivity index (χ3v) is 2.92. The predicted octanol–water partition coefficient (Wildman–Crippen LogP) is 2.49. The summed E-state index contributed by atoms with van der Waals surface area (Å²) in [7, 11) is 0. The highest BCUT2D eigenvalue weighted by Crippen LogP contribution is 2.17. The number of aryl methyl sites for hydroxylation is 2. The van der Waals surface area contributed by atoms with Crippen LogP contribution in [-0.4, -0.2) is 21.0 Å². The van der Waals surface area contributed by atoms with Gasteiger partial charge < -0.3 is 9.84 Å². The Bertz CT molecular complexity index is 795. The maximum atomic E-state index is 12.2. The first-order valence-corrected chi connectivity index (χ1v) is 6.09. The fraction of sp³-hybridized carbons (Fsp3) is 0.143. The van der Waals surface area contributed by atoms with Gasteiger partial charge in [0.15, 0.2) is 5.82 Å². The summed E-state index contributed by atoms with van der Waals surface area (Å²) in [6, 6.07) is 5.24. The number of hydrogen-bond donors (Lipinski definition) is 1. The molecular formula is C14H12N4O2. The molecular weight excluding hydrogens is 256 g/mol. The van der Waals surface area contributed by atoms with Crippen LogP contribution in [0.3, 0.4) is 0 Å².